The number of hydrogen-bond donors (Lipinski definition) is 0. The number of fused-ring (bicyclic) bond motifs is 16. The molecule has 9 heteroatoms. The number of benzene rings is 13. The van der Waals surface area contributed by atoms with Crippen molar-refractivity contribution in [2.24, 2.45) is 0 Å². The molecule has 6 heterocycles. The molecule has 0 radical (unpaired) electrons. The van der Waals surface area contributed by atoms with Gasteiger partial charge < -0.3 is 28.1 Å². The van der Waals surface area contributed by atoms with Gasteiger partial charge in [0.05, 0.1) is 78.8 Å². The molecule has 0 saturated carbocycles. The van der Waals surface area contributed by atoms with Crippen LogP contribution >= 0.6 is 0 Å². The largest absolute Gasteiger partial charge is 0.309 e. The average Bonchev–Trinajstić information content (AvgIpc) is 1.69. The molecule has 0 unspecified atom stereocenters. The lowest BCUT2D eigenvalue weighted by molar-refractivity contribution is 0.590. The number of nitriles is 2. The summed E-state index contributed by atoms with van der Waals surface area (Å²) in [5.41, 5.74) is 25.8. The molecule has 17 aromatic rings. The van der Waals surface area contributed by atoms with Crippen molar-refractivity contribution in [1.29, 1.82) is 10.5 Å². The van der Waals surface area contributed by atoms with E-state index in [0.717, 1.165) is 145 Å². The molecular weight excluding hydrogens is 1230 g/mol. The maximum Gasteiger partial charge on any atom is 0.252 e. The van der Waals surface area contributed by atoms with Crippen molar-refractivity contribution in [3.05, 3.63) is 295 Å². The molecule has 4 aromatic heterocycles. The normalized spacial score (nSPS) is 13.1. The smallest absolute Gasteiger partial charge is 0.252 e. The zero-order valence-corrected chi connectivity index (χ0v) is 58.1. The fourth-order valence-corrected chi connectivity index (χ4v) is 16.9. The maximum absolute atomic E-state index is 11.7. The molecule has 2 aliphatic heterocycles. The highest BCUT2D eigenvalue weighted by molar-refractivity contribution is 7.00. The maximum atomic E-state index is 11.7. The Kier molecular flexibility index (Phi) is 12.8. The summed E-state index contributed by atoms with van der Waals surface area (Å²) in [6, 6.07) is 104. The van der Waals surface area contributed by atoms with Crippen molar-refractivity contribution in [2.45, 2.75) is 78.6 Å². The lowest BCUT2D eigenvalue weighted by Gasteiger charge is -2.45. The molecule has 0 amide bonds. The highest BCUT2D eigenvalue weighted by Crippen LogP contribution is 2.53. The molecule has 0 aliphatic carbocycles. The van der Waals surface area contributed by atoms with Gasteiger partial charge in [0.2, 0.25) is 0 Å². The van der Waals surface area contributed by atoms with Crippen molar-refractivity contribution >= 4 is 144 Å². The van der Waals surface area contributed by atoms with E-state index in [2.05, 4.69) is 369 Å². The van der Waals surface area contributed by atoms with E-state index in [9.17, 15) is 10.5 Å². The molecule has 13 aromatic carbocycles. The third kappa shape index (κ3) is 8.86. The third-order valence-electron chi connectivity index (χ3n) is 21.8. The fourth-order valence-electron chi connectivity index (χ4n) is 16.9. The van der Waals surface area contributed by atoms with Gasteiger partial charge in [-0.3, -0.25) is 0 Å². The number of para-hydroxylation sites is 6. The second-order valence-electron chi connectivity index (χ2n) is 30.8. The lowest BCUT2D eigenvalue weighted by atomic mass is 9.33. The Hall–Kier alpha value is -12.3. The van der Waals surface area contributed by atoms with Crippen LogP contribution < -0.4 is 26.2 Å². The van der Waals surface area contributed by atoms with Gasteiger partial charge in [-0.2, -0.15) is 10.5 Å². The quantitative estimate of drug-likeness (QED) is 0.156. The molecule has 0 spiro atoms. The van der Waals surface area contributed by atoms with Crippen molar-refractivity contribution in [2.75, 3.05) is 9.80 Å². The first-order valence-electron chi connectivity index (χ1n) is 35.1. The molecule has 0 fully saturated rings. The van der Waals surface area contributed by atoms with E-state index in [1.165, 1.54) is 32.7 Å². The molecule has 0 saturated heterocycles. The first-order valence-corrected chi connectivity index (χ1v) is 35.1. The summed E-state index contributed by atoms with van der Waals surface area (Å²) in [4.78, 5) is 5.07. The summed E-state index contributed by atoms with van der Waals surface area (Å²) >= 11 is 0. The summed E-state index contributed by atoms with van der Waals surface area (Å²) < 4.78 is 9.74. The monoisotopic (exact) mass is 1300 g/mol. The molecule has 0 atom stereocenters. The molecule has 8 nitrogen and oxygen atoms in total. The molecule has 19 rings (SSSR count). The Labute approximate surface area is 587 Å². The van der Waals surface area contributed by atoms with E-state index in [1.807, 2.05) is 0 Å². The van der Waals surface area contributed by atoms with Gasteiger partial charge in [-0.1, -0.05) is 196 Å². The van der Waals surface area contributed by atoms with Crippen molar-refractivity contribution < 1.29 is 0 Å². The summed E-state index contributed by atoms with van der Waals surface area (Å²) in [5, 5.41) is 32.2. The van der Waals surface area contributed by atoms with Gasteiger partial charge in [0.1, 0.15) is 0 Å². The van der Waals surface area contributed by atoms with Crippen LogP contribution in [0.2, 0.25) is 0 Å². The topological polar surface area (TPSA) is 73.8 Å². The summed E-state index contributed by atoms with van der Waals surface area (Å²) in [7, 11) is 0. The van der Waals surface area contributed by atoms with E-state index in [-0.39, 0.29) is 17.5 Å². The number of aromatic nitrogens is 4. The van der Waals surface area contributed by atoms with Crippen LogP contribution in [0, 0.1) is 22.7 Å². The highest BCUT2D eigenvalue weighted by Gasteiger charge is 2.46. The first-order chi connectivity index (χ1) is 48.9. The number of hydrogen-bond acceptors (Lipinski definition) is 4. The minimum absolute atomic E-state index is 0.156. The molecular formula is C92H71BN8. The van der Waals surface area contributed by atoms with E-state index in [4.69, 9.17) is 0 Å². The number of anilines is 6. The van der Waals surface area contributed by atoms with Crippen LogP contribution in [-0.4, -0.2) is 25.0 Å². The zero-order valence-electron chi connectivity index (χ0n) is 58.1. The molecule has 101 heavy (non-hydrogen) atoms. The molecule has 2 aliphatic rings. The second kappa shape index (κ2) is 21.6. The zero-order chi connectivity index (χ0) is 68.7. The van der Waals surface area contributed by atoms with Crippen molar-refractivity contribution in [3.63, 3.8) is 0 Å². The molecule has 0 N–H and O–H groups in total. The fraction of sp³-hybridized carbons (Fsp3) is 0.130. The highest BCUT2D eigenvalue weighted by atomic mass is 15.2. The first kappa shape index (κ1) is 59.9. The van der Waals surface area contributed by atoms with Gasteiger partial charge in [-0.25, -0.2) is 0 Å². The van der Waals surface area contributed by atoms with Crippen LogP contribution in [0.15, 0.2) is 267 Å². The predicted molar refractivity (Wildman–Crippen MR) is 423 cm³/mol. The van der Waals surface area contributed by atoms with E-state index in [1.54, 1.807) is 0 Å². The van der Waals surface area contributed by atoms with Gasteiger partial charge >= 0.3 is 0 Å². The van der Waals surface area contributed by atoms with Gasteiger partial charge in [0.15, 0.2) is 0 Å². The third-order valence-corrected chi connectivity index (χ3v) is 21.8. The van der Waals surface area contributed by atoms with Crippen molar-refractivity contribution in [3.8, 4) is 34.9 Å². The average molecular weight is 1300 g/mol. The lowest BCUT2D eigenvalue weighted by Crippen LogP contribution is -2.61. The standard InChI is InChI=1S/C92H71BN8/c1-90(2,3)58-36-42-79-69(48-58)71-44-56(54-94)46-85(88(71)98(79)61-24-12-10-13-25-61)100-81-52-63(96-75-32-20-16-28-65(75)66-29-17-21-33-76(66)96)38-40-73(81)93-74-41-39-64(97-77-34-22-18-30-67(77)68-31-19-23-35-78(68)97)53-82(74)101(84-51-60(92(7,8)9)50-83(100)87(84)93)86-47-57(55-95)45-72-70-49-59(91(4,5)6)37-43-80(70)99(89(72)86)62-26-14-11-15-27-62/h10-53H,1-9H3. The van der Waals surface area contributed by atoms with Crippen LogP contribution in [0.25, 0.3) is 110 Å². The van der Waals surface area contributed by atoms with Gasteiger partial charge in [-0.05, 0) is 183 Å². The Morgan fingerprint density at radius 1 is 0.267 bits per heavy atom. The van der Waals surface area contributed by atoms with E-state index in [0.29, 0.717) is 11.1 Å². The minimum atomic E-state index is -0.410. The Morgan fingerprint density at radius 3 is 0.970 bits per heavy atom. The van der Waals surface area contributed by atoms with Crippen molar-refractivity contribution in [1.82, 2.24) is 18.3 Å². The Bertz CT molecular complexity index is 6010. The number of nitrogens with zero attached hydrogens (tertiary/aromatic N) is 8. The predicted octanol–water partition coefficient (Wildman–Crippen LogP) is 21.8. The summed E-state index contributed by atoms with van der Waals surface area (Å²) in [6.07, 6.45) is 0. The second-order valence-corrected chi connectivity index (χ2v) is 30.8. The van der Waals surface area contributed by atoms with Gasteiger partial charge in [0.25, 0.3) is 6.71 Å². The van der Waals surface area contributed by atoms with Crippen LogP contribution in [0.3, 0.4) is 0 Å². The molecule has 482 valence electrons. The van der Waals surface area contributed by atoms with Gasteiger partial charge in [-0.15, -0.1) is 0 Å². The Balaban J connectivity index is 1.00. The van der Waals surface area contributed by atoms with E-state index < -0.39 is 5.41 Å². The summed E-state index contributed by atoms with van der Waals surface area (Å²) in [5.74, 6) is 0. The van der Waals surface area contributed by atoms with Crippen LogP contribution in [0.5, 0.6) is 0 Å². The van der Waals surface area contributed by atoms with Crippen LogP contribution in [0.1, 0.15) is 90.1 Å². The summed E-state index contributed by atoms with van der Waals surface area (Å²) in [6.45, 7) is 20.3. The Morgan fingerprint density at radius 2 is 0.614 bits per heavy atom. The number of rotatable bonds is 6. The SMILES string of the molecule is CC(C)(C)c1cc2c3c(c1)N(c1cc(C#N)cc4c5cc(C(C)(C)C)ccc5n(-c5ccccc5)c14)c1cc(-n4c5ccccc5c5ccccc54)ccc1B3c1ccc(-n3c4ccccc4c4ccccc43)cc1N2c1cc(C#N)cc2c3cc(C(C)(C)C)ccc3n(-c3ccccc3)c12. The van der Waals surface area contributed by atoms with Crippen LogP contribution in [-0.2, 0) is 16.2 Å². The van der Waals surface area contributed by atoms with Gasteiger partial charge in [0, 0.05) is 88.6 Å². The molecule has 0 bridgehead atoms. The van der Waals surface area contributed by atoms with E-state index >= 15 is 0 Å². The minimum Gasteiger partial charge on any atom is -0.309 e. The van der Waals surface area contributed by atoms with Crippen LogP contribution in [0.4, 0.5) is 34.1 Å².